The van der Waals surface area contributed by atoms with Gasteiger partial charge in [0.15, 0.2) is 0 Å². The lowest BCUT2D eigenvalue weighted by Crippen LogP contribution is -2.39. The lowest BCUT2D eigenvalue weighted by Gasteiger charge is -2.33. The van der Waals surface area contributed by atoms with Crippen LogP contribution in [0.5, 0.6) is 0 Å². The zero-order valence-electron chi connectivity index (χ0n) is 15.6. The van der Waals surface area contributed by atoms with Gasteiger partial charge in [-0.25, -0.2) is 9.97 Å². The molecule has 3 aromatic rings. The van der Waals surface area contributed by atoms with E-state index in [1.54, 1.807) is 18.7 Å². The molecule has 1 N–H and O–H groups in total. The summed E-state index contributed by atoms with van der Waals surface area (Å²) in [4.78, 5) is 31.1. The number of carbonyl (C=O) groups is 1. The monoisotopic (exact) mass is 361 g/mol. The van der Waals surface area contributed by atoms with Crippen molar-refractivity contribution in [1.82, 2.24) is 24.8 Å². The number of piperidine rings is 1. The van der Waals surface area contributed by atoms with Gasteiger partial charge in [0.05, 0.1) is 11.3 Å². The lowest BCUT2D eigenvalue weighted by molar-refractivity contribution is 0.0705. The molecule has 1 aliphatic heterocycles. The third kappa shape index (κ3) is 3.47. The molecule has 1 atom stereocenters. The molecule has 0 bridgehead atoms. The zero-order valence-corrected chi connectivity index (χ0v) is 15.6. The Hall–Kier alpha value is -3.02. The first-order valence-electron chi connectivity index (χ1n) is 9.29. The normalized spacial score (nSPS) is 17.1. The van der Waals surface area contributed by atoms with Gasteiger partial charge in [0.2, 0.25) is 0 Å². The SMILES string of the molecule is Cc1cc(C(=O)N2CCC[C@H](c3ncncc3-c3ccncc3)C2)c(C)[nH]1. The minimum Gasteiger partial charge on any atom is -0.362 e. The molecule has 0 saturated carbocycles. The number of aromatic amines is 1. The van der Waals surface area contributed by atoms with Crippen molar-refractivity contribution in [2.45, 2.75) is 32.6 Å². The van der Waals surface area contributed by atoms with Crippen LogP contribution in [0.25, 0.3) is 11.1 Å². The first-order valence-corrected chi connectivity index (χ1v) is 9.29. The minimum absolute atomic E-state index is 0.0982. The van der Waals surface area contributed by atoms with Crippen molar-refractivity contribution < 1.29 is 4.79 Å². The van der Waals surface area contributed by atoms with Gasteiger partial charge < -0.3 is 9.88 Å². The summed E-state index contributed by atoms with van der Waals surface area (Å²) in [6.45, 7) is 5.39. The Morgan fingerprint density at radius 3 is 2.78 bits per heavy atom. The van der Waals surface area contributed by atoms with Gasteiger partial charge in [0, 0.05) is 54.5 Å². The second-order valence-electron chi connectivity index (χ2n) is 7.14. The van der Waals surface area contributed by atoms with Crippen LogP contribution < -0.4 is 0 Å². The predicted octanol–water partition coefficient (Wildman–Crippen LogP) is 3.50. The number of hydrogen-bond acceptors (Lipinski definition) is 4. The fourth-order valence-electron chi connectivity index (χ4n) is 3.92. The molecule has 4 heterocycles. The second kappa shape index (κ2) is 7.31. The minimum atomic E-state index is 0.0982. The predicted molar refractivity (Wildman–Crippen MR) is 103 cm³/mol. The Balaban J connectivity index is 1.61. The number of pyridine rings is 1. The maximum Gasteiger partial charge on any atom is 0.255 e. The number of aryl methyl sites for hydroxylation is 2. The Morgan fingerprint density at radius 2 is 2.04 bits per heavy atom. The van der Waals surface area contributed by atoms with Crippen LogP contribution in [0, 0.1) is 13.8 Å². The fraction of sp³-hybridized carbons (Fsp3) is 0.333. The van der Waals surface area contributed by atoms with Crippen molar-refractivity contribution in [2.24, 2.45) is 0 Å². The molecule has 27 heavy (non-hydrogen) atoms. The van der Waals surface area contributed by atoms with Gasteiger partial charge in [-0.05, 0) is 50.5 Å². The molecule has 6 nitrogen and oxygen atoms in total. The first-order chi connectivity index (χ1) is 13.1. The van der Waals surface area contributed by atoms with Crippen LogP contribution in [0.2, 0.25) is 0 Å². The molecule has 0 radical (unpaired) electrons. The van der Waals surface area contributed by atoms with Crippen molar-refractivity contribution in [3.8, 4) is 11.1 Å². The summed E-state index contributed by atoms with van der Waals surface area (Å²) in [6, 6.07) is 5.88. The van der Waals surface area contributed by atoms with E-state index in [1.165, 1.54) is 0 Å². The van der Waals surface area contributed by atoms with Gasteiger partial charge in [-0.2, -0.15) is 0 Å². The second-order valence-corrected chi connectivity index (χ2v) is 7.14. The lowest BCUT2D eigenvalue weighted by atomic mass is 9.90. The molecule has 1 saturated heterocycles. The van der Waals surface area contributed by atoms with Crippen LogP contribution in [0.1, 0.15) is 46.2 Å². The topological polar surface area (TPSA) is 74.8 Å². The Morgan fingerprint density at radius 1 is 1.22 bits per heavy atom. The average molecular weight is 361 g/mol. The van der Waals surface area contributed by atoms with Crippen molar-refractivity contribution in [3.63, 3.8) is 0 Å². The molecule has 6 heteroatoms. The van der Waals surface area contributed by atoms with Crippen LogP contribution in [0.4, 0.5) is 0 Å². The van der Waals surface area contributed by atoms with Crippen LogP contribution in [0.15, 0.2) is 43.1 Å². The average Bonchev–Trinajstić information content (AvgIpc) is 3.06. The maximum atomic E-state index is 13.0. The number of amides is 1. The van der Waals surface area contributed by atoms with E-state index >= 15 is 0 Å². The highest BCUT2D eigenvalue weighted by molar-refractivity contribution is 5.95. The molecule has 1 aliphatic rings. The number of hydrogen-bond donors (Lipinski definition) is 1. The van der Waals surface area contributed by atoms with E-state index in [2.05, 4.69) is 19.9 Å². The summed E-state index contributed by atoms with van der Waals surface area (Å²) in [7, 11) is 0. The quantitative estimate of drug-likeness (QED) is 0.775. The molecule has 1 fully saturated rings. The largest absolute Gasteiger partial charge is 0.362 e. The highest BCUT2D eigenvalue weighted by atomic mass is 16.2. The third-order valence-electron chi connectivity index (χ3n) is 5.21. The van der Waals surface area contributed by atoms with Crippen molar-refractivity contribution in [1.29, 1.82) is 0 Å². The van der Waals surface area contributed by atoms with E-state index in [4.69, 9.17) is 0 Å². The van der Waals surface area contributed by atoms with E-state index in [0.717, 1.165) is 53.2 Å². The van der Waals surface area contributed by atoms with Gasteiger partial charge in [-0.15, -0.1) is 0 Å². The van der Waals surface area contributed by atoms with Gasteiger partial charge in [-0.3, -0.25) is 9.78 Å². The molecule has 0 spiro atoms. The van der Waals surface area contributed by atoms with Gasteiger partial charge in [0.25, 0.3) is 5.91 Å². The maximum absolute atomic E-state index is 13.0. The van der Waals surface area contributed by atoms with Gasteiger partial charge >= 0.3 is 0 Å². The molecule has 0 unspecified atom stereocenters. The van der Waals surface area contributed by atoms with Crippen molar-refractivity contribution in [2.75, 3.05) is 13.1 Å². The summed E-state index contributed by atoms with van der Waals surface area (Å²) in [5.41, 5.74) is 5.80. The Labute approximate surface area is 158 Å². The third-order valence-corrected chi connectivity index (χ3v) is 5.21. The number of rotatable bonds is 3. The first kappa shape index (κ1) is 17.4. The van der Waals surface area contributed by atoms with Crippen LogP contribution in [-0.2, 0) is 0 Å². The zero-order chi connectivity index (χ0) is 18.8. The van der Waals surface area contributed by atoms with E-state index in [0.29, 0.717) is 6.54 Å². The molecule has 0 aromatic carbocycles. The van der Waals surface area contributed by atoms with Crippen molar-refractivity contribution in [3.05, 3.63) is 65.8 Å². The van der Waals surface area contributed by atoms with Crippen LogP contribution in [-0.4, -0.2) is 43.8 Å². The Kier molecular flexibility index (Phi) is 4.71. The smallest absolute Gasteiger partial charge is 0.255 e. The molecule has 4 rings (SSSR count). The standard InChI is InChI=1S/C21H23N5O/c1-14-10-18(15(2)25-14)21(27)26-9-3-4-17(12-26)20-19(11-23-13-24-20)16-5-7-22-8-6-16/h5-8,10-11,13,17,25H,3-4,9,12H2,1-2H3/t17-/m0/s1. The van der Waals surface area contributed by atoms with E-state index in [9.17, 15) is 4.79 Å². The highest BCUT2D eigenvalue weighted by Gasteiger charge is 2.29. The van der Waals surface area contributed by atoms with E-state index in [-0.39, 0.29) is 11.8 Å². The molecule has 1 amide bonds. The van der Waals surface area contributed by atoms with Gasteiger partial charge in [0.1, 0.15) is 6.33 Å². The number of likely N-dealkylation sites (tertiary alicyclic amines) is 1. The summed E-state index contributed by atoms with van der Waals surface area (Å²) in [5.74, 6) is 0.301. The summed E-state index contributed by atoms with van der Waals surface area (Å²) < 4.78 is 0. The summed E-state index contributed by atoms with van der Waals surface area (Å²) in [5, 5.41) is 0. The summed E-state index contributed by atoms with van der Waals surface area (Å²) in [6.07, 6.45) is 9.00. The Bertz CT molecular complexity index is 950. The number of H-pyrrole nitrogens is 1. The number of carbonyl (C=O) groups excluding carboxylic acids is 1. The van der Waals surface area contributed by atoms with E-state index < -0.39 is 0 Å². The number of nitrogens with one attached hydrogen (secondary N) is 1. The van der Waals surface area contributed by atoms with Crippen molar-refractivity contribution >= 4 is 5.91 Å². The van der Waals surface area contributed by atoms with E-state index in [1.807, 2.05) is 43.1 Å². The van der Waals surface area contributed by atoms with Crippen LogP contribution in [0.3, 0.4) is 0 Å². The van der Waals surface area contributed by atoms with Gasteiger partial charge in [-0.1, -0.05) is 0 Å². The number of aromatic nitrogens is 4. The molecular formula is C21H23N5O. The molecule has 3 aromatic heterocycles. The number of nitrogens with zero attached hydrogens (tertiary/aromatic N) is 4. The van der Waals surface area contributed by atoms with Crippen LogP contribution >= 0.6 is 0 Å². The molecule has 138 valence electrons. The fourth-order valence-corrected chi connectivity index (χ4v) is 3.92. The highest BCUT2D eigenvalue weighted by Crippen LogP contribution is 2.33. The molecular weight excluding hydrogens is 338 g/mol. The molecule has 0 aliphatic carbocycles. The summed E-state index contributed by atoms with van der Waals surface area (Å²) >= 11 is 0.